The van der Waals surface area contributed by atoms with Crippen LogP contribution in [-0.2, 0) is 9.47 Å². The highest BCUT2D eigenvalue weighted by molar-refractivity contribution is 7.63. The van der Waals surface area contributed by atoms with Crippen LogP contribution in [0.5, 0.6) is 0 Å². The number of nitrogens with one attached hydrogen (secondary N) is 1. The van der Waals surface area contributed by atoms with Crippen molar-refractivity contribution in [3.63, 3.8) is 0 Å². The van der Waals surface area contributed by atoms with Crippen molar-refractivity contribution in [2.24, 2.45) is 0 Å². The molecular weight excluding hydrogens is 333 g/mol. The van der Waals surface area contributed by atoms with E-state index in [1.807, 2.05) is 0 Å². The summed E-state index contributed by atoms with van der Waals surface area (Å²) in [5, 5.41) is 10.1. The number of hydrogen-bond acceptors (Lipinski definition) is 10. The Bertz CT molecular complexity index is 804. The number of anilines is 1. The number of aliphatic hydroxyl groups excluding tert-OH is 1. The first-order chi connectivity index (χ1) is 10.9. The molecule has 2 aromatic heterocycles. The summed E-state index contributed by atoms with van der Waals surface area (Å²) in [5.74, 6) is -0.133. The number of nitrogens with two attached hydrogens (primary N) is 1. The molecule has 13 heteroatoms. The number of aromatic amines is 1. The lowest BCUT2D eigenvalue weighted by atomic mass is 10.2. The summed E-state index contributed by atoms with van der Waals surface area (Å²) in [4.78, 5) is 50.5. The fourth-order valence-corrected chi connectivity index (χ4v) is 2.44. The zero-order valence-corrected chi connectivity index (χ0v) is 12.3. The fourth-order valence-electron chi connectivity index (χ4n) is 2.23. The summed E-state index contributed by atoms with van der Waals surface area (Å²) < 4.78 is 11.3. The fraction of sp³-hybridized carbons (Fsp3) is 0.400. The van der Waals surface area contributed by atoms with Gasteiger partial charge in [0.05, 0.1) is 6.33 Å². The van der Waals surface area contributed by atoms with Gasteiger partial charge >= 0.3 is 5.71 Å². The molecule has 0 aromatic carbocycles. The molecule has 12 nitrogen and oxygen atoms in total. The number of imidazole rings is 1. The van der Waals surface area contributed by atoms with Crippen molar-refractivity contribution in [2.45, 2.75) is 25.0 Å². The first-order valence-corrected chi connectivity index (χ1v) is 7.56. The number of aliphatic hydroxyl groups is 1. The number of carbonyl (C=O) groups excluding carboxylic acids is 1. The SMILES string of the molecule is Nc1nc2c(ncn2[C@@H]2O[C@H](OC(=O)P(O)O)C[C@@H]2O)c(=O)[nH]1. The lowest BCUT2D eigenvalue weighted by Gasteiger charge is -2.16. The summed E-state index contributed by atoms with van der Waals surface area (Å²) in [7, 11) is -2.90. The Balaban J connectivity index is 1.88. The average molecular weight is 345 g/mol. The van der Waals surface area contributed by atoms with Crippen LogP contribution in [0, 0.1) is 0 Å². The maximum atomic E-state index is 11.7. The second-order valence-corrected chi connectivity index (χ2v) is 5.65. The molecule has 0 saturated carbocycles. The summed E-state index contributed by atoms with van der Waals surface area (Å²) >= 11 is 0. The number of ether oxygens (including phenoxy) is 2. The van der Waals surface area contributed by atoms with Crippen molar-refractivity contribution < 1.29 is 29.2 Å². The lowest BCUT2D eigenvalue weighted by Crippen LogP contribution is -2.20. The smallest absolute Gasteiger partial charge is 0.385 e. The Morgan fingerprint density at radius 1 is 1.57 bits per heavy atom. The van der Waals surface area contributed by atoms with E-state index in [4.69, 9.17) is 25.0 Å². The second-order valence-electron chi connectivity index (χ2n) is 4.71. The van der Waals surface area contributed by atoms with Crippen molar-refractivity contribution in [2.75, 3.05) is 5.73 Å². The Labute approximate surface area is 128 Å². The summed E-state index contributed by atoms with van der Waals surface area (Å²) in [6, 6.07) is 0. The van der Waals surface area contributed by atoms with Crippen LogP contribution < -0.4 is 11.3 Å². The van der Waals surface area contributed by atoms with Gasteiger partial charge in [-0.3, -0.25) is 14.3 Å². The summed E-state index contributed by atoms with van der Waals surface area (Å²) in [5.41, 5.74) is 3.78. The number of fused-ring (bicyclic) bond motifs is 1. The Kier molecular flexibility index (Phi) is 4.00. The minimum Gasteiger partial charge on any atom is -0.429 e. The monoisotopic (exact) mass is 345 g/mol. The molecule has 1 aliphatic rings. The summed E-state index contributed by atoms with van der Waals surface area (Å²) in [6.07, 6.45) is -2.18. The number of rotatable bonds is 3. The molecule has 1 fully saturated rings. The number of nitrogen functional groups attached to an aromatic ring is 1. The van der Waals surface area contributed by atoms with E-state index in [1.54, 1.807) is 0 Å². The van der Waals surface area contributed by atoms with E-state index < -0.39 is 38.3 Å². The van der Waals surface area contributed by atoms with E-state index in [0.717, 1.165) is 0 Å². The molecule has 124 valence electrons. The van der Waals surface area contributed by atoms with Crippen LogP contribution in [0.25, 0.3) is 11.2 Å². The zero-order valence-electron chi connectivity index (χ0n) is 11.4. The minimum atomic E-state index is -2.90. The standard InChI is InChI=1S/C10H12N5O7P/c11-9-13-6-5(7(17)14-9)12-2-15(6)8-3(16)1-4(21-8)22-10(18)23(19)20/h2-4,8,16,19-20H,1H2,(H3,11,13,14,17)/t3-,4+,8+/m0/s1. The van der Waals surface area contributed by atoms with Crippen molar-refractivity contribution in [1.29, 1.82) is 0 Å². The molecule has 6 N–H and O–H groups in total. The third-order valence-electron chi connectivity index (χ3n) is 3.17. The van der Waals surface area contributed by atoms with Crippen LogP contribution >= 0.6 is 8.38 Å². The van der Waals surface area contributed by atoms with Crippen molar-refractivity contribution in [3.8, 4) is 0 Å². The molecule has 1 saturated heterocycles. The molecule has 0 radical (unpaired) electrons. The largest absolute Gasteiger partial charge is 0.429 e. The third kappa shape index (κ3) is 2.90. The lowest BCUT2D eigenvalue weighted by molar-refractivity contribution is -0.118. The molecule has 2 aromatic rings. The molecule has 0 amide bonds. The Hall–Kier alpha value is -2.11. The number of nitrogens with zero attached hydrogens (tertiary/aromatic N) is 3. The molecule has 1 aliphatic heterocycles. The highest BCUT2D eigenvalue weighted by Gasteiger charge is 2.39. The maximum absolute atomic E-state index is 11.7. The van der Waals surface area contributed by atoms with Crippen LogP contribution in [0.15, 0.2) is 11.1 Å². The Morgan fingerprint density at radius 2 is 2.30 bits per heavy atom. The van der Waals surface area contributed by atoms with Gasteiger partial charge in [-0.1, -0.05) is 0 Å². The van der Waals surface area contributed by atoms with Gasteiger partial charge in [-0.05, 0) is 0 Å². The van der Waals surface area contributed by atoms with E-state index in [9.17, 15) is 14.7 Å². The molecule has 0 aliphatic carbocycles. The van der Waals surface area contributed by atoms with Gasteiger partial charge in [0, 0.05) is 6.42 Å². The molecule has 0 bridgehead atoms. The molecule has 0 spiro atoms. The van der Waals surface area contributed by atoms with Gasteiger partial charge in [-0.25, -0.2) is 9.78 Å². The van der Waals surface area contributed by atoms with Gasteiger partial charge < -0.3 is 30.1 Å². The molecule has 3 atom stereocenters. The quantitative estimate of drug-likeness (QED) is 0.420. The predicted molar refractivity (Wildman–Crippen MR) is 74.9 cm³/mol. The van der Waals surface area contributed by atoms with E-state index in [-0.39, 0.29) is 23.5 Å². The van der Waals surface area contributed by atoms with Crippen LogP contribution in [0.4, 0.5) is 10.7 Å². The highest BCUT2D eigenvalue weighted by atomic mass is 31.2. The van der Waals surface area contributed by atoms with Gasteiger partial charge in [-0.2, -0.15) is 4.98 Å². The van der Waals surface area contributed by atoms with Crippen LogP contribution in [0.2, 0.25) is 0 Å². The van der Waals surface area contributed by atoms with Gasteiger partial charge in [0.2, 0.25) is 12.2 Å². The normalized spacial score (nSPS) is 24.4. The predicted octanol–water partition coefficient (Wildman–Crippen LogP) is -1.26. The van der Waals surface area contributed by atoms with Crippen molar-refractivity contribution >= 4 is 31.2 Å². The first-order valence-electron chi connectivity index (χ1n) is 6.31. The molecular formula is C10H12N5O7P. The van der Waals surface area contributed by atoms with Gasteiger partial charge in [0.1, 0.15) is 6.10 Å². The van der Waals surface area contributed by atoms with Crippen LogP contribution in [-0.4, -0.2) is 52.5 Å². The van der Waals surface area contributed by atoms with Gasteiger partial charge in [-0.15, -0.1) is 0 Å². The Morgan fingerprint density at radius 3 is 3.00 bits per heavy atom. The van der Waals surface area contributed by atoms with E-state index in [2.05, 4.69) is 15.0 Å². The molecule has 0 unspecified atom stereocenters. The number of carbonyl (C=O) groups is 1. The van der Waals surface area contributed by atoms with Crippen molar-refractivity contribution in [1.82, 2.24) is 19.5 Å². The third-order valence-corrected chi connectivity index (χ3v) is 3.61. The second kappa shape index (κ2) is 5.83. The van der Waals surface area contributed by atoms with E-state index in [1.165, 1.54) is 10.9 Å². The zero-order chi connectivity index (χ0) is 16.7. The van der Waals surface area contributed by atoms with Crippen molar-refractivity contribution in [3.05, 3.63) is 16.7 Å². The van der Waals surface area contributed by atoms with E-state index >= 15 is 0 Å². The average Bonchev–Trinajstić information content (AvgIpc) is 3.02. The molecule has 3 rings (SSSR count). The number of aromatic nitrogens is 4. The van der Waals surface area contributed by atoms with E-state index in [0.29, 0.717) is 0 Å². The summed E-state index contributed by atoms with van der Waals surface area (Å²) in [6.45, 7) is 0. The number of H-pyrrole nitrogens is 1. The topological polar surface area (TPSA) is 186 Å². The molecule has 23 heavy (non-hydrogen) atoms. The minimum absolute atomic E-state index is 0.00434. The first kappa shape index (κ1) is 15.8. The van der Waals surface area contributed by atoms with Gasteiger partial charge in [0.25, 0.3) is 13.9 Å². The van der Waals surface area contributed by atoms with Crippen LogP contribution in [0.1, 0.15) is 12.6 Å². The maximum Gasteiger partial charge on any atom is 0.385 e. The van der Waals surface area contributed by atoms with Gasteiger partial charge in [0.15, 0.2) is 17.4 Å². The van der Waals surface area contributed by atoms with Crippen LogP contribution in [0.3, 0.4) is 0 Å². The molecule has 3 heterocycles. The highest BCUT2D eigenvalue weighted by Crippen LogP contribution is 2.34. The number of hydrogen-bond donors (Lipinski definition) is 5.